The highest BCUT2D eigenvalue weighted by Gasteiger charge is 2.01. The minimum Gasteiger partial charge on any atom is -0.351 e. The number of hydrogen-bond acceptors (Lipinski definition) is 2. The lowest BCUT2D eigenvalue weighted by Gasteiger charge is -2.00. The van der Waals surface area contributed by atoms with Crippen molar-refractivity contribution in [2.45, 2.75) is 0 Å². The number of carbonyl (C=O) groups excluding carboxylic acids is 2. The first-order chi connectivity index (χ1) is 6.09. The van der Waals surface area contributed by atoms with Crippen LogP contribution < -0.4 is 11.1 Å². The molecule has 0 aromatic heterocycles. The van der Waals surface area contributed by atoms with E-state index >= 15 is 0 Å². The second-order valence-corrected chi connectivity index (χ2v) is 2.68. The van der Waals surface area contributed by atoms with Crippen molar-refractivity contribution in [2.24, 2.45) is 5.73 Å². The minimum absolute atomic E-state index is 0.372. The van der Waals surface area contributed by atoms with Gasteiger partial charge >= 0.3 is 6.03 Å². The van der Waals surface area contributed by atoms with Crippen LogP contribution in [0.15, 0.2) is 24.3 Å². The fourth-order valence-corrected chi connectivity index (χ4v) is 0.953. The molecule has 0 aliphatic carbocycles. The number of rotatable bonds is 2. The Morgan fingerprint density at radius 3 is 2.15 bits per heavy atom. The number of urea groups is 1. The second-order valence-electron chi connectivity index (χ2n) is 2.34. The molecule has 0 radical (unpaired) electrons. The number of anilines is 1. The van der Waals surface area contributed by atoms with Gasteiger partial charge in [0.15, 0.2) is 0 Å². The molecule has 68 valence electrons. The fourth-order valence-electron chi connectivity index (χ4n) is 0.827. The standard InChI is InChI=1S/C8H7ClN2O2/c9-7(12)5-1-3-6(4-2-5)11-8(10)13/h1-4H,(H3,10,11,13). The highest BCUT2D eigenvalue weighted by molar-refractivity contribution is 6.67. The van der Waals surface area contributed by atoms with Crippen molar-refractivity contribution in [1.82, 2.24) is 0 Å². The van der Waals surface area contributed by atoms with E-state index < -0.39 is 11.3 Å². The van der Waals surface area contributed by atoms with Crippen molar-refractivity contribution in [2.75, 3.05) is 5.32 Å². The number of amides is 2. The molecule has 5 heteroatoms. The molecule has 0 spiro atoms. The average molecular weight is 199 g/mol. The summed E-state index contributed by atoms with van der Waals surface area (Å²) < 4.78 is 0. The monoisotopic (exact) mass is 198 g/mol. The molecule has 1 aromatic carbocycles. The highest BCUT2D eigenvalue weighted by Crippen LogP contribution is 2.10. The number of benzene rings is 1. The first-order valence-electron chi connectivity index (χ1n) is 3.46. The summed E-state index contributed by atoms with van der Waals surface area (Å²) in [5.74, 6) is 0. The molecule has 1 rings (SSSR count). The van der Waals surface area contributed by atoms with Crippen molar-refractivity contribution < 1.29 is 9.59 Å². The predicted molar refractivity (Wildman–Crippen MR) is 49.8 cm³/mol. The van der Waals surface area contributed by atoms with Crippen molar-refractivity contribution in [3.63, 3.8) is 0 Å². The second kappa shape index (κ2) is 3.91. The lowest BCUT2D eigenvalue weighted by atomic mass is 10.2. The average Bonchev–Trinajstić information content (AvgIpc) is 2.04. The Labute approximate surface area is 79.7 Å². The maximum absolute atomic E-state index is 10.6. The number of carbonyl (C=O) groups is 2. The number of halogens is 1. The Balaban J connectivity index is 2.81. The van der Waals surface area contributed by atoms with Crippen LogP contribution in [0.3, 0.4) is 0 Å². The molecule has 2 amide bonds. The fraction of sp³-hybridized carbons (Fsp3) is 0. The van der Waals surface area contributed by atoms with E-state index in [9.17, 15) is 9.59 Å². The molecule has 4 nitrogen and oxygen atoms in total. The normalized spacial score (nSPS) is 9.31. The Bertz CT molecular complexity index is 335. The van der Waals surface area contributed by atoms with Crippen molar-refractivity contribution in [1.29, 1.82) is 0 Å². The van der Waals surface area contributed by atoms with Gasteiger partial charge in [-0.1, -0.05) is 0 Å². The zero-order valence-corrected chi connectivity index (χ0v) is 7.34. The van der Waals surface area contributed by atoms with Crippen LogP contribution in [-0.2, 0) is 0 Å². The van der Waals surface area contributed by atoms with Gasteiger partial charge < -0.3 is 11.1 Å². The summed E-state index contributed by atoms with van der Waals surface area (Å²) in [6.45, 7) is 0. The van der Waals surface area contributed by atoms with Crippen LogP contribution in [-0.4, -0.2) is 11.3 Å². The number of primary amides is 1. The van der Waals surface area contributed by atoms with Gasteiger partial charge in [-0.05, 0) is 35.9 Å². The van der Waals surface area contributed by atoms with E-state index in [1.807, 2.05) is 0 Å². The van der Waals surface area contributed by atoms with Crippen LogP contribution in [0.5, 0.6) is 0 Å². The van der Waals surface area contributed by atoms with E-state index in [4.69, 9.17) is 17.3 Å². The van der Waals surface area contributed by atoms with E-state index in [-0.39, 0.29) is 0 Å². The summed E-state index contributed by atoms with van der Waals surface area (Å²) in [5, 5.41) is 1.82. The molecule has 0 aliphatic rings. The SMILES string of the molecule is NC(=O)Nc1ccc(C(=O)Cl)cc1. The minimum atomic E-state index is -0.648. The van der Waals surface area contributed by atoms with Crippen molar-refractivity contribution >= 4 is 28.6 Å². The molecule has 0 unspecified atom stereocenters. The third-order valence-electron chi connectivity index (χ3n) is 1.38. The molecular weight excluding hydrogens is 192 g/mol. The molecule has 0 saturated carbocycles. The zero-order valence-electron chi connectivity index (χ0n) is 6.58. The lowest BCUT2D eigenvalue weighted by Crippen LogP contribution is -2.19. The van der Waals surface area contributed by atoms with E-state index in [0.717, 1.165) is 0 Å². The third kappa shape index (κ3) is 2.76. The number of nitrogens with one attached hydrogen (secondary N) is 1. The Hall–Kier alpha value is -1.55. The Morgan fingerprint density at radius 1 is 1.23 bits per heavy atom. The summed E-state index contributed by atoms with van der Waals surface area (Å²) in [5.41, 5.74) is 5.77. The molecule has 0 aliphatic heterocycles. The summed E-state index contributed by atoms with van der Waals surface area (Å²) in [7, 11) is 0. The molecule has 0 saturated heterocycles. The Kier molecular flexibility index (Phi) is 2.87. The van der Waals surface area contributed by atoms with Crippen LogP contribution in [0.1, 0.15) is 10.4 Å². The predicted octanol–water partition coefficient (Wildman–Crippen LogP) is 1.56. The maximum atomic E-state index is 10.6. The first kappa shape index (κ1) is 9.54. The van der Waals surface area contributed by atoms with Gasteiger partial charge in [0.05, 0.1) is 0 Å². The number of hydrogen-bond donors (Lipinski definition) is 2. The van der Waals surface area contributed by atoms with E-state index in [1.165, 1.54) is 12.1 Å². The van der Waals surface area contributed by atoms with Gasteiger partial charge in [-0.3, -0.25) is 4.79 Å². The summed E-state index contributed by atoms with van der Waals surface area (Å²) in [4.78, 5) is 21.0. The quantitative estimate of drug-likeness (QED) is 0.708. The Morgan fingerprint density at radius 2 is 1.77 bits per heavy atom. The van der Waals surface area contributed by atoms with Gasteiger partial charge in [0, 0.05) is 11.3 Å². The molecule has 1 aromatic rings. The van der Waals surface area contributed by atoms with Crippen molar-refractivity contribution in [3.8, 4) is 0 Å². The number of nitrogens with two attached hydrogens (primary N) is 1. The highest BCUT2D eigenvalue weighted by atomic mass is 35.5. The topological polar surface area (TPSA) is 72.2 Å². The van der Waals surface area contributed by atoms with Gasteiger partial charge in [0.1, 0.15) is 0 Å². The van der Waals surface area contributed by atoms with Crippen LogP contribution in [0.25, 0.3) is 0 Å². The van der Waals surface area contributed by atoms with Gasteiger partial charge in [0.25, 0.3) is 5.24 Å². The first-order valence-corrected chi connectivity index (χ1v) is 3.84. The van der Waals surface area contributed by atoms with Crippen LogP contribution >= 0.6 is 11.6 Å². The molecule has 0 fully saturated rings. The van der Waals surface area contributed by atoms with Crippen LogP contribution in [0.4, 0.5) is 10.5 Å². The zero-order chi connectivity index (χ0) is 9.84. The molecule has 13 heavy (non-hydrogen) atoms. The molecule has 0 atom stereocenters. The van der Waals surface area contributed by atoms with Gasteiger partial charge in [0.2, 0.25) is 0 Å². The molecule has 0 heterocycles. The molecule has 0 bridgehead atoms. The van der Waals surface area contributed by atoms with Crippen LogP contribution in [0.2, 0.25) is 0 Å². The molecular formula is C8H7ClN2O2. The maximum Gasteiger partial charge on any atom is 0.316 e. The van der Waals surface area contributed by atoms with E-state index in [0.29, 0.717) is 11.3 Å². The summed E-state index contributed by atoms with van der Waals surface area (Å²) >= 11 is 5.21. The lowest BCUT2D eigenvalue weighted by molar-refractivity contribution is 0.108. The van der Waals surface area contributed by atoms with Crippen molar-refractivity contribution in [3.05, 3.63) is 29.8 Å². The molecule has 3 N–H and O–H groups in total. The smallest absolute Gasteiger partial charge is 0.316 e. The largest absolute Gasteiger partial charge is 0.351 e. The summed E-state index contributed by atoms with van der Waals surface area (Å²) in [6.07, 6.45) is 0. The third-order valence-corrected chi connectivity index (χ3v) is 1.60. The van der Waals surface area contributed by atoms with Gasteiger partial charge in [-0.2, -0.15) is 0 Å². The van der Waals surface area contributed by atoms with Gasteiger partial charge in [-0.15, -0.1) is 0 Å². The van der Waals surface area contributed by atoms with E-state index in [2.05, 4.69) is 5.32 Å². The van der Waals surface area contributed by atoms with Gasteiger partial charge in [-0.25, -0.2) is 4.79 Å². The van der Waals surface area contributed by atoms with E-state index in [1.54, 1.807) is 12.1 Å². The van der Waals surface area contributed by atoms with Crippen LogP contribution in [0, 0.1) is 0 Å². The summed E-state index contributed by atoms with van der Waals surface area (Å²) in [6, 6.07) is 5.44.